The second kappa shape index (κ2) is 14.2. The molecule has 3 amide bonds. The molecule has 1 aromatic carbocycles. The highest BCUT2D eigenvalue weighted by molar-refractivity contribution is 7.80. The van der Waals surface area contributed by atoms with Crippen molar-refractivity contribution in [2.24, 2.45) is 11.7 Å². The molecule has 0 saturated heterocycles. The van der Waals surface area contributed by atoms with Crippen LogP contribution in [0.5, 0.6) is 0 Å². The fourth-order valence-electron chi connectivity index (χ4n) is 2.95. The Hall–Kier alpha value is -3.12. The largest absolute Gasteiger partial charge is 0.481 e. The third kappa shape index (κ3) is 9.40. The minimum atomic E-state index is -1.49. The van der Waals surface area contributed by atoms with Crippen molar-refractivity contribution in [3.05, 3.63) is 35.9 Å². The van der Waals surface area contributed by atoms with Gasteiger partial charge >= 0.3 is 11.9 Å². The molecule has 5 unspecified atom stereocenters. The summed E-state index contributed by atoms with van der Waals surface area (Å²) in [4.78, 5) is 60.5. The van der Waals surface area contributed by atoms with Crippen LogP contribution >= 0.6 is 12.6 Å². The molecule has 0 aromatic heterocycles. The molecule has 0 aliphatic heterocycles. The Kier molecular flexibility index (Phi) is 12.1. The van der Waals surface area contributed by atoms with Gasteiger partial charge in [0.2, 0.25) is 17.7 Å². The first-order valence-electron chi connectivity index (χ1n) is 10.8. The molecule has 5 atom stereocenters. The van der Waals surface area contributed by atoms with Gasteiger partial charge in [0.1, 0.15) is 18.1 Å². The molecular formula is C22H32N4O7S. The number of amides is 3. The van der Waals surface area contributed by atoms with Crippen LogP contribution in [0.25, 0.3) is 0 Å². The van der Waals surface area contributed by atoms with E-state index in [9.17, 15) is 29.1 Å². The van der Waals surface area contributed by atoms with Gasteiger partial charge < -0.3 is 31.9 Å². The van der Waals surface area contributed by atoms with Gasteiger partial charge in [-0.15, -0.1) is 0 Å². The lowest BCUT2D eigenvalue weighted by molar-refractivity contribution is -0.143. The summed E-state index contributed by atoms with van der Waals surface area (Å²) in [6.07, 6.45) is -0.127. The number of aliphatic carboxylic acids is 2. The number of carbonyl (C=O) groups is 5. The molecule has 0 fully saturated rings. The number of nitrogens with one attached hydrogen (secondary N) is 3. The van der Waals surface area contributed by atoms with E-state index in [0.29, 0.717) is 12.0 Å². The standard InChI is InChI=1S/C22H32N4O7S/c1-3-12(2)18(23)21(31)24-14(10-17(27)28)19(29)26-16(11-34)20(30)25-15(22(32)33)9-13-7-5-4-6-8-13/h4-8,12,14-16,18,34H,3,9-11,23H2,1-2H3,(H,24,31)(H,25,30)(H,26,29)(H,27,28)(H,32,33). The first kappa shape index (κ1) is 28.9. The Bertz CT molecular complexity index is 868. The maximum Gasteiger partial charge on any atom is 0.326 e. The SMILES string of the molecule is CCC(C)C(N)C(=O)NC(CC(=O)O)C(=O)NC(CS)C(=O)NC(Cc1ccccc1)C(=O)O. The predicted octanol–water partition coefficient (Wildman–Crippen LogP) is -0.454. The molecule has 188 valence electrons. The van der Waals surface area contributed by atoms with Gasteiger partial charge in [-0.25, -0.2) is 4.79 Å². The molecule has 1 rings (SSSR count). The quantitative estimate of drug-likeness (QED) is 0.169. The lowest BCUT2D eigenvalue weighted by atomic mass is 9.99. The maximum absolute atomic E-state index is 12.7. The second-order valence-corrected chi connectivity index (χ2v) is 8.27. The minimum absolute atomic E-state index is 0.0142. The Balaban J connectivity index is 2.89. The van der Waals surface area contributed by atoms with Crippen molar-refractivity contribution in [1.29, 1.82) is 0 Å². The van der Waals surface area contributed by atoms with Crippen LogP contribution in [-0.2, 0) is 30.4 Å². The van der Waals surface area contributed by atoms with Crippen LogP contribution in [0.1, 0.15) is 32.3 Å². The Labute approximate surface area is 203 Å². The second-order valence-electron chi connectivity index (χ2n) is 7.90. The number of carbonyl (C=O) groups excluding carboxylic acids is 3. The Morgan fingerprint density at radius 2 is 1.44 bits per heavy atom. The van der Waals surface area contributed by atoms with Gasteiger partial charge in [-0.05, 0) is 11.5 Å². The van der Waals surface area contributed by atoms with Crippen LogP contribution in [0.2, 0.25) is 0 Å². The van der Waals surface area contributed by atoms with Gasteiger partial charge in [0, 0.05) is 12.2 Å². The number of rotatable bonds is 14. The molecule has 0 spiro atoms. The molecule has 1 aromatic rings. The summed E-state index contributed by atoms with van der Waals surface area (Å²) in [5.41, 5.74) is 6.53. The summed E-state index contributed by atoms with van der Waals surface area (Å²) in [5.74, 6) is -5.47. The summed E-state index contributed by atoms with van der Waals surface area (Å²) in [5, 5.41) is 25.6. The van der Waals surface area contributed by atoms with E-state index in [0.717, 1.165) is 0 Å². The molecule has 12 heteroatoms. The number of nitrogens with two attached hydrogens (primary N) is 1. The lowest BCUT2D eigenvalue weighted by Crippen LogP contribution is -2.58. The van der Waals surface area contributed by atoms with Crippen LogP contribution in [0.15, 0.2) is 30.3 Å². The predicted molar refractivity (Wildman–Crippen MR) is 127 cm³/mol. The number of carboxylic acids is 2. The van der Waals surface area contributed by atoms with Crippen LogP contribution in [-0.4, -0.2) is 69.8 Å². The van der Waals surface area contributed by atoms with E-state index < -0.39 is 60.2 Å². The number of hydrogen-bond donors (Lipinski definition) is 7. The van der Waals surface area contributed by atoms with Crippen LogP contribution in [0.4, 0.5) is 0 Å². The zero-order valence-corrected chi connectivity index (χ0v) is 20.0. The first-order valence-corrected chi connectivity index (χ1v) is 11.4. The monoisotopic (exact) mass is 496 g/mol. The van der Waals surface area contributed by atoms with Crippen molar-refractivity contribution in [3.63, 3.8) is 0 Å². The van der Waals surface area contributed by atoms with E-state index in [4.69, 9.17) is 10.8 Å². The molecule has 0 aliphatic rings. The molecule has 11 nitrogen and oxygen atoms in total. The molecular weight excluding hydrogens is 464 g/mol. The number of thiol groups is 1. The summed E-state index contributed by atoms with van der Waals surface area (Å²) in [7, 11) is 0. The third-order valence-corrected chi connectivity index (χ3v) is 5.65. The summed E-state index contributed by atoms with van der Waals surface area (Å²) < 4.78 is 0. The highest BCUT2D eigenvalue weighted by Gasteiger charge is 2.31. The van der Waals surface area contributed by atoms with Gasteiger partial charge in [-0.2, -0.15) is 12.6 Å². The Morgan fingerprint density at radius 1 is 0.912 bits per heavy atom. The number of benzene rings is 1. The van der Waals surface area contributed by atoms with Gasteiger partial charge in [-0.1, -0.05) is 50.6 Å². The fraction of sp³-hybridized carbons (Fsp3) is 0.500. The molecule has 0 heterocycles. The van der Waals surface area contributed by atoms with Crippen LogP contribution in [0.3, 0.4) is 0 Å². The highest BCUT2D eigenvalue weighted by Crippen LogP contribution is 2.07. The summed E-state index contributed by atoms with van der Waals surface area (Å²) in [6.45, 7) is 3.57. The zero-order valence-electron chi connectivity index (χ0n) is 19.1. The molecule has 0 radical (unpaired) electrons. The molecule has 7 N–H and O–H groups in total. The topological polar surface area (TPSA) is 188 Å². The van der Waals surface area contributed by atoms with Gasteiger partial charge in [-0.3, -0.25) is 19.2 Å². The van der Waals surface area contributed by atoms with E-state index in [1.165, 1.54) is 0 Å². The molecule has 0 aliphatic carbocycles. The smallest absolute Gasteiger partial charge is 0.326 e. The average molecular weight is 497 g/mol. The normalized spacial score (nSPS) is 15.2. The van der Waals surface area contributed by atoms with E-state index >= 15 is 0 Å². The fourth-order valence-corrected chi connectivity index (χ4v) is 3.21. The average Bonchev–Trinajstić information content (AvgIpc) is 2.80. The minimum Gasteiger partial charge on any atom is -0.481 e. The zero-order chi connectivity index (χ0) is 25.8. The molecule has 0 bridgehead atoms. The Morgan fingerprint density at radius 3 is 1.94 bits per heavy atom. The van der Waals surface area contributed by atoms with Crippen molar-refractivity contribution in [2.45, 2.75) is 57.3 Å². The highest BCUT2D eigenvalue weighted by atomic mass is 32.1. The van der Waals surface area contributed by atoms with Gasteiger partial charge in [0.15, 0.2) is 0 Å². The van der Waals surface area contributed by atoms with Gasteiger partial charge in [0.05, 0.1) is 12.5 Å². The molecule has 0 saturated carbocycles. The van der Waals surface area contributed by atoms with Crippen molar-refractivity contribution < 1.29 is 34.2 Å². The van der Waals surface area contributed by atoms with Crippen LogP contribution in [0, 0.1) is 5.92 Å². The molecule has 34 heavy (non-hydrogen) atoms. The van der Waals surface area contributed by atoms with E-state index in [1.54, 1.807) is 37.3 Å². The van der Waals surface area contributed by atoms with E-state index in [-0.39, 0.29) is 18.1 Å². The van der Waals surface area contributed by atoms with Crippen molar-refractivity contribution in [3.8, 4) is 0 Å². The van der Waals surface area contributed by atoms with E-state index in [2.05, 4.69) is 28.6 Å². The summed E-state index contributed by atoms with van der Waals surface area (Å²) in [6, 6.07) is 3.68. The lowest BCUT2D eigenvalue weighted by Gasteiger charge is -2.25. The van der Waals surface area contributed by atoms with Crippen LogP contribution < -0.4 is 21.7 Å². The van der Waals surface area contributed by atoms with Gasteiger partial charge in [0.25, 0.3) is 0 Å². The third-order valence-electron chi connectivity index (χ3n) is 5.28. The number of carboxylic acid groups (broad SMARTS) is 2. The van der Waals surface area contributed by atoms with Crippen molar-refractivity contribution in [2.75, 3.05) is 5.75 Å². The summed E-state index contributed by atoms with van der Waals surface area (Å²) >= 11 is 4.04. The van der Waals surface area contributed by atoms with E-state index in [1.807, 2.05) is 6.92 Å². The maximum atomic E-state index is 12.7. The number of hydrogen-bond acceptors (Lipinski definition) is 7. The van der Waals surface area contributed by atoms with Crippen molar-refractivity contribution >= 4 is 42.3 Å². The first-order chi connectivity index (χ1) is 16.0. The van der Waals surface area contributed by atoms with Crippen molar-refractivity contribution in [1.82, 2.24) is 16.0 Å².